The number of nitrogens with zero attached hydrogens (tertiary/aromatic N) is 3. The van der Waals surface area contributed by atoms with E-state index in [-0.39, 0.29) is 9.92 Å². The number of rotatable bonds is 7. The lowest BCUT2D eigenvalue weighted by molar-refractivity contribution is 0.261. The Morgan fingerprint density at radius 1 is 0.941 bits per heavy atom. The van der Waals surface area contributed by atoms with Gasteiger partial charge in [0, 0.05) is 43.8 Å². The average molecular weight is 513 g/mol. The summed E-state index contributed by atoms with van der Waals surface area (Å²) in [5.74, 6) is 1.10. The highest BCUT2D eigenvalue weighted by Gasteiger charge is 2.21. The minimum atomic E-state index is -3.74. The molecule has 9 heteroatoms. The number of fused-ring (bicyclic) bond motifs is 1. The van der Waals surface area contributed by atoms with Crippen molar-refractivity contribution in [2.45, 2.75) is 11.3 Å². The quantitative estimate of drug-likeness (QED) is 0.372. The molecule has 0 amide bonds. The van der Waals surface area contributed by atoms with Gasteiger partial charge >= 0.3 is 0 Å². The molecule has 0 aliphatic carbocycles. The van der Waals surface area contributed by atoms with Crippen LogP contribution in [-0.2, 0) is 16.4 Å². The molecule has 34 heavy (non-hydrogen) atoms. The number of halogens is 1. The van der Waals surface area contributed by atoms with E-state index in [1.165, 1.54) is 16.2 Å². The van der Waals surface area contributed by atoms with Crippen LogP contribution in [0.3, 0.4) is 0 Å². The Kier molecular flexibility index (Phi) is 6.74. The fraction of sp³-hybridized carbons (Fsp3) is 0.240. The van der Waals surface area contributed by atoms with Crippen LogP contribution < -0.4 is 9.62 Å². The van der Waals surface area contributed by atoms with Gasteiger partial charge in [-0.1, -0.05) is 48.0 Å². The van der Waals surface area contributed by atoms with Gasteiger partial charge in [0.2, 0.25) is 0 Å². The van der Waals surface area contributed by atoms with Crippen molar-refractivity contribution in [3.8, 4) is 0 Å². The number of hydrogen-bond donors (Lipinski definition) is 1. The third-order valence-corrected chi connectivity index (χ3v) is 8.75. The van der Waals surface area contributed by atoms with E-state index in [0.29, 0.717) is 5.69 Å². The number of sulfonamides is 1. The van der Waals surface area contributed by atoms with E-state index in [0.717, 1.165) is 50.5 Å². The van der Waals surface area contributed by atoms with E-state index in [1.807, 2.05) is 18.2 Å². The monoisotopic (exact) mass is 512 g/mol. The van der Waals surface area contributed by atoms with E-state index in [1.54, 1.807) is 35.8 Å². The molecule has 0 bridgehead atoms. The van der Waals surface area contributed by atoms with Crippen LogP contribution in [0.2, 0.25) is 5.02 Å². The number of hydrogen-bond acceptors (Lipinski definition) is 6. The number of nitrogens with one attached hydrogen (secondary N) is 1. The summed E-state index contributed by atoms with van der Waals surface area (Å²) in [6.07, 6.45) is 0.849. The standard InChI is InChI=1S/C25H25ClN4O2S2/c26-22-9-2-4-11-24(22)34(31,32)28-20-7-5-6-19(18-20)12-13-29-14-16-30(17-15-29)25-21-8-1-3-10-23(21)33-27-25/h1-11,18,28H,12-17H2. The summed E-state index contributed by atoms with van der Waals surface area (Å²) in [6.45, 7) is 4.78. The molecule has 0 spiro atoms. The Bertz CT molecular complexity index is 1400. The lowest BCUT2D eigenvalue weighted by Crippen LogP contribution is -2.47. The van der Waals surface area contributed by atoms with Crippen molar-refractivity contribution in [1.29, 1.82) is 0 Å². The van der Waals surface area contributed by atoms with Gasteiger partial charge in [-0.25, -0.2) is 8.42 Å². The molecule has 176 valence electrons. The van der Waals surface area contributed by atoms with Gasteiger partial charge in [0.15, 0.2) is 0 Å². The summed E-state index contributed by atoms with van der Waals surface area (Å²) in [5, 5.41) is 1.44. The highest BCUT2D eigenvalue weighted by atomic mass is 35.5. The van der Waals surface area contributed by atoms with E-state index in [9.17, 15) is 8.42 Å². The molecule has 6 nitrogen and oxygen atoms in total. The SMILES string of the molecule is O=S(=O)(Nc1cccc(CCN2CCN(c3nsc4ccccc34)CC2)c1)c1ccccc1Cl. The van der Waals surface area contributed by atoms with Gasteiger partial charge in [-0.15, -0.1) is 0 Å². The molecular formula is C25H25ClN4O2S2. The fourth-order valence-corrected chi connectivity index (χ4v) is 6.60. The summed E-state index contributed by atoms with van der Waals surface area (Å²) in [5.41, 5.74) is 1.63. The molecule has 1 aliphatic heterocycles. The molecule has 0 unspecified atom stereocenters. The molecule has 1 aromatic heterocycles. The Balaban J connectivity index is 1.17. The Morgan fingerprint density at radius 3 is 2.53 bits per heavy atom. The molecule has 1 saturated heterocycles. The fourth-order valence-electron chi connectivity index (χ4n) is 4.23. The summed E-state index contributed by atoms with van der Waals surface area (Å²) >= 11 is 7.64. The molecule has 3 aromatic carbocycles. The van der Waals surface area contributed by atoms with Gasteiger partial charge in [-0.05, 0) is 59.9 Å². The molecule has 5 rings (SSSR count). The smallest absolute Gasteiger partial charge is 0.263 e. The van der Waals surface area contributed by atoms with Crippen molar-refractivity contribution in [3.05, 3.63) is 83.4 Å². The molecule has 1 fully saturated rings. The second kappa shape index (κ2) is 9.92. The Hall–Kier alpha value is -2.65. The van der Waals surface area contributed by atoms with Crippen LogP contribution in [0.15, 0.2) is 77.7 Å². The van der Waals surface area contributed by atoms with E-state index in [4.69, 9.17) is 11.6 Å². The Morgan fingerprint density at radius 2 is 1.71 bits per heavy atom. The zero-order valence-electron chi connectivity index (χ0n) is 18.5. The molecule has 4 aromatic rings. The second-order valence-electron chi connectivity index (χ2n) is 8.32. The van der Waals surface area contributed by atoms with Crippen LogP contribution in [-0.4, -0.2) is 50.4 Å². The summed E-state index contributed by atoms with van der Waals surface area (Å²) in [7, 11) is -3.74. The lowest BCUT2D eigenvalue weighted by Gasteiger charge is -2.35. The zero-order valence-corrected chi connectivity index (χ0v) is 20.9. The summed E-state index contributed by atoms with van der Waals surface area (Å²) in [6, 6.07) is 22.4. The number of piperazine rings is 1. The first kappa shape index (κ1) is 23.1. The van der Waals surface area contributed by atoms with Gasteiger partial charge < -0.3 is 4.90 Å². The maximum Gasteiger partial charge on any atom is 0.263 e. The highest BCUT2D eigenvalue weighted by molar-refractivity contribution is 7.92. The molecule has 0 atom stereocenters. The molecule has 0 saturated carbocycles. The molecular weight excluding hydrogens is 488 g/mol. The zero-order chi connectivity index (χ0) is 23.5. The van der Waals surface area contributed by atoms with Crippen LogP contribution in [0.1, 0.15) is 5.56 Å². The van der Waals surface area contributed by atoms with Crippen molar-refractivity contribution in [1.82, 2.24) is 9.27 Å². The first-order valence-electron chi connectivity index (χ1n) is 11.2. The van der Waals surface area contributed by atoms with Crippen molar-refractivity contribution in [3.63, 3.8) is 0 Å². The van der Waals surface area contributed by atoms with Gasteiger partial charge in [0.1, 0.15) is 10.7 Å². The normalized spacial score (nSPS) is 15.0. The maximum absolute atomic E-state index is 12.7. The van der Waals surface area contributed by atoms with E-state index in [2.05, 4.69) is 43.2 Å². The van der Waals surface area contributed by atoms with Crippen molar-refractivity contribution in [2.75, 3.05) is 42.3 Å². The largest absolute Gasteiger partial charge is 0.353 e. The summed E-state index contributed by atoms with van der Waals surface area (Å²) < 4.78 is 34.0. The lowest BCUT2D eigenvalue weighted by atomic mass is 10.1. The Labute approximate surface area is 209 Å². The first-order chi connectivity index (χ1) is 16.5. The predicted molar refractivity (Wildman–Crippen MR) is 141 cm³/mol. The summed E-state index contributed by atoms with van der Waals surface area (Å²) in [4.78, 5) is 4.90. The minimum absolute atomic E-state index is 0.0767. The molecule has 0 radical (unpaired) electrons. The third-order valence-electron chi connectivity index (χ3n) is 6.05. The predicted octanol–water partition coefficient (Wildman–Crippen LogP) is 5.12. The third kappa shape index (κ3) is 5.05. The second-order valence-corrected chi connectivity index (χ2v) is 11.2. The van der Waals surface area contributed by atoms with Gasteiger partial charge in [-0.2, -0.15) is 4.37 Å². The molecule has 1 aliphatic rings. The van der Waals surface area contributed by atoms with Crippen LogP contribution in [0.5, 0.6) is 0 Å². The van der Waals surface area contributed by atoms with E-state index < -0.39 is 10.0 Å². The number of aromatic nitrogens is 1. The van der Waals surface area contributed by atoms with Gasteiger partial charge in [0.05, 0.1) is 9.72 Å². The van der Waals surface area contributed by atoms with Gasteiger partial charge in [-0.3, -0.25) is 9.62 Å². The van der Waals surface area contributed by atoms with Crippen molar-refractivity contribution < 1.29 is 8.42 Å². The van der Waals surface area contributed by atoms with Crippen LogP contribution in [0, 0.1) is 0 Å². The maximum atomic E-state index is 12.7. The van der Waals surface area contributed by atoms with E-state index >= 15 is 0 Å². The van der Waals surface area contributed by atoms with Crippen LogP contribution >= 0.6 is 23.1 Å². The first-order valence-corrected chi connectivity index (χ1v) is 13.8. The molecule has 2 heterocycles. The average Bonchev–Trinajstić information content (AvgIpc) is 3.27. The van der Waals surface area contributed by atoms with Crippen molar-refractivity contribution in [2.24, 2.45) is 0 Å². The van der Waals surface area contributed by atoms with Crippen LogP contribution in [0.4, 0.5) is 11.5 Å². The highest BCUT2D eigenvalue weighted by Crippen LogP contribution is 2.30. The number of benzene rings is 3. The van der Waals surface area contributed by atoms with Gasteiger partial charge in [0.25, 0.3) is 10.0 Å². The minimum Gasteiger partial charge on any atom is -0.353 e. The van der Waals surface area contributed by atoms with Crippen LogP contribution in [0.25, 0.3) is 10.1 Å². The van der Waals surface area contributed by atoms with Crippen molar-refractivity contribution >= 4 is 54.7 Å². The number of anilines is 2. The molecule has 1 N–H and O–H groups in total. The topological polar surface area (TPSA) is 65.5 Å².